The quantitative estimate of drug-likeness (QED) is 0.624. The molecule has 1 aromatic rings. The molecule has 0 aliphatic heterocycles. The fraction of sp³-hybridized carbons (Fsp3) is 0.364. The zero-order valence-corrected chi connectivity index (χ0v) is 9.63. The van der Waals surface area contributed by atoms with E-state index in [4.69, 9.17) is 9.84 Å². The maximum atomic E-state index is 13.0. The Balaban J connectivity index is 2.79. The van der Waals surface area contributed by atoms with E-state index in [9.17, 15) is 19.3 Å². The van der Waals surface area contributed by atoms with Crippen LogP contribution in [0.5, 0.6) is 5.75 Å². The van der Waals surface area contributed by atoms with Crippen LogP contribution in [0.1, 0.15) is 19.8 Å². The maximum Gasteiger partial charge on any atom is 0.311 e. The van der Waals surface area contributed by atoms with Gasteiger partial charge in [0.1, 0.15) is 5.82 Å². The topological polar surface area (TPSA) is 89.7 Å². The van der Waals surface area contributed by atoms with Gasteiger partial charge in [-0.15, -0.1) is 0 Å². The predicted molar refractivity (Wildman–Crippen MR) is 60.0 cm³/mol. The molecule has 1 atom stereocenters. The van der Waals surface area contributed by atoms with Gasteiger partial charge < -0.3 is 9.84 Å². The highest BCUT2D eigenvalue weighted by atomic mass is 19.1. The molecule has 0 fully saturated rings. The smallest absolute Gasteiger partial charge is 0.311 e. The molecule has 0 aliphatic rings. The number of carbonyl (C=O) groups is 1. The van der Waals surface area contributed by atoms with E-state index in [0.717, 1.165) is 18.2 Å². The number of aliphatic carboxylic acids is 1. The normalized spacial score (nSPS) is 11.9. The third-order valence-electron chi connectivity index (χ3n) is 2.21. The van der Waals surface area contributed by atoms with Crippen molar-refractivity contribution in [2.75, 3.05) is 0 Å². The monoisotopic (exact) mass is 257 g/mol. The molecule has 0 amide bonds. The second kappa shape index (κ2) is 5.95. The first kappa shape index (κ1) is 13.9. The molecule has 1 unspecified atom stereocenters. The molecular formula is C11H12FNO5. The molecule has 0 saturated heterocycles. The number of nitro benzene ring substituents is 1. The van der Waals surface area contributed by atoms with Gasteiger partial charge in [-0.3, -0.25) is 14.9 Å². The second-order valence-corrected chi connectivity index (χ2v) is 3.73. The van der Waals surface area contributed by atoms with Crippen LogP contribution in [0, 0.1) is 15.9 Å². The van der Waals surface area contributed by atoms with E-state index in [1.54, 1.807) is 6.92 Å². The minimum Gasteiger partial charge on any atom is -0.484 e. The fourth-order valence-corrected chi connectivity index (χ4v) is 1.34. The highest BCUT2D eigenvalue weighted by molar-refractivity contribution is 5.66. The number of nitrogens with zero attached hydrogens (tertiary/aromatic N) is 1. The van der Waals surface area contributed by atoms with Gasteiger partial charge in [0, 0.05) is 18.6 Å². The van der Waals surface area contributed by atoms with Crippen molar-refractivity contribution in [3.8, 4) is 5.75 Å². The largest absolute Gasteiger partial charge is 0.484 e. The Hall–Kier alpha value is -2.18. The fourth-order valence-electron chi connectivity index (χ4n) is 1.34. The zero-order valence-electron chi connectivity index (χ0n) is 9.63. The number of hydrogen-bond acceptors (Lipinski definition) is 4. The lowest BCUT2D eigenvalue weighted by atomic mass is 10.2. The van der Waals surface area contributed by atoms with Gasteiger partial charge in [0.25, 0.3) is 0 Å². The third-order valence-corrected chi connectivity index (χ3v) is 2.21. The molecule has 0 radical (unpaired) electrons. The van der Waals surface area contributed by atoms with E-state index in [-0.39, 0.29) is 24.3 Å². The Bertz CT molecular complexity index is 463. The van der Waals surface area contributed by atoms with E-state index in [1.807, 2.05) is 0 Å². The summed E-state index contributed by atoms with van der Waals surface area (Å²) in [5.41, 5.74) is -0.349. The molecule has 98 valence electrons. The average molecular weight is 257 g/mol. The summed E-state index contributed by atoms with van der Waals surface area (Å²) in [6.45, 7) is 1.57. The first-order valence-electron chi connectivity index (χ1n) is 5.22. The number of hydrogen-bond donors (Lipinski definition) is 1. The van der Waals surface area contributed by atoms with Gasteiger partial charge in [0.15, 0.2) is 5.75 Å². The Morgan fingerprint density at radius 2 is 2.28 bits per heavy atom. The molecule has 6 nitrogen and oxygen atoms in total. The summed E-state index contributed by atoms with van der Waals surface area (Å²) in [5.74, 6) is -1.84. The first-order valence-corrected chi connectivity index (χ1v) is 5.22. The van der Waals surface area contributed by atoms with Crippen LogP contribution < -0.4 is 4.74 Å². The summed E-state index contributed by atoms with van der Waals surface area (Å²) < 4.78 is 18.2. The van der Waals surface area contributed by atoms with Crippen molar-refractivity contribution in [2.45, 2.75) is 25.9 Å². The van der Waals surface area contributed by atoms with Crippen LogP contribution in [0.3, 0.4) is 0 Å². The molecule has 0 saturated carbocycles. The first-order chi connectivity index (χ1) is 8.40. The number of nitro groups is 1. The lowest BCUT2D eigenvalue weighted by Gasteiger charge is -2.13. The minimum absolute atomic E-state index is 0.121. The van der Waals surface area contributed by atoms with Gasteiger partial charge >= 0.3 is 11.7 Å². The molecule has 1 rings (SSSR count). The second-order valence-electron chi connectivity index (χ2n) is 3.73. The van der Waals surface area contributed by atoms with Gasteiger partial charge in [-0.25, -0.2) is 4.39 Å². The van der Waals surface area contributed by atoms with E-state index >= 15 is 0 Å². The van der Waals surface area contributed by atoms with Crippen molar-refractivity contribution < 1.29 is 24.0 Å². The third kappa shape index (κ3) is 4.00. The summed E-state index contributed by atoms with van der Waals surface area (Å²) in [6.07, 6.45) is -0.491. The molecule has 0 aromatic heterocycles. The molecule has 1 N–H and O–H groups in total. The van der Waals surface area contributed by atoms with E-state index in [1.165, 1.54) is 0 Å². The van der Waals surface area contributed by atoms with Crippen molar-refractivity contribution in [1.82, 2.24) is 0 Å². The highest BCUT2D eigenvalue weighted by Crippen LogP contribution is 2.28. The van der Waals surface area contributed by atoms with Crippen LogP contribution in [0.4, 0.5) is 10.1 Å². The van der Waals surface area contributed by atoms with Crippen LogP contribution in [-0.4, -0.2) is 22.1 Å². The van der Waals surface area contributed by atoms with Crippen molar-refractivity contribution in [2.24, 2.45) is 0 Å². The van der Waals surface area contributed by atoms with E-state index < -0.39 is 22.8 Å². The lowest BCUT2D eigenvalue weighted by Crippen LogP contribution is -2.14. The molecule has 1 aromatic carbocycles. The SMILES string of the molecule is CC(CCC(=O)O)Oc1cc(F)ccc1[N+](=O)[O-]. The number of benzene rings is 1. The number of carboxylic acids is 1. The van der Waals surface area contributed by atoms with E-state index in [2.05, 4.69) is 0 Å². The van der Waals surface area contributed by atoms with Crippen LogP contribution in [0.15, 0.2) is 18.2 Å². The van der Waals surface area contributed by atoms with Crippen molar-refractivity contribution >= 4 is 11.7 Å². The average Bonchev–Trinajstić information content (AvgIpc) is 2.26. The zero-order chi connectivity index (χ0) is 13.7. The molecule has 0 aliphatic carbocycles. The molecule has 7 heteroatoms. The van der Waals surface area contributed by atoms with Crippen LogP contribution in [0.2, 0.25) is 0 Å². The van der Waals surface area contributed by atoms with Gasteiger partial charge in [-0.05, 0) is 19.4 Å². The standard InChI is InChI=1S/C11H12FNO5/c1-7(2-5-11(14)15)18-10-6-8(12)3-4-9(10)13(16)17/h3-4,6-7H,2,5H2,1H3,(H,14,15). The summed E-state index contributed by atoms with van der Waals surface area (Å²) in [5, 5.41) is 19.2. The molecule has 0 bridgehead atoms. The van der Waals surface area contributed by atoms with Crippen molar-refractivity contribution in [1.29, 1.82) is 0 Å². The summed E-state index contributed by atoms with van der Waals surface area (Å²) in [4.78, 5) is 20.4. The molecular weight excluding hydrogens is 245 g/mol. The number of halogens is 1. The predicted octanol–water partition coefficient (Wildman–Crippen LogP) is 2.37. The van der Waals surface area contributed by atoms with Crippen LogP contribution in [0.25, 0.3) is 0 Å². The van der Waals surface area contributed by atoms with Gasteiger partial charge in [-0.1, -0.05) is 0 Å². The molecule has 0 heterocycles. The van der Waals surface area contributed by atoms with Gasteiger partial charge in [0.2, 0.25) is 0 Å². The van der Waals surface area contributed by atoms with Crippen molar-refractivity contribution in [3.05, 3.63) is 34.1 Å². The van der Waals surface area contributed by atoms with Crippen molar-refractivity contribution in [3.63, 3.8) is 0 Å². The Morgan fingerprint density at radius 3 is 2.83 bits per heavy atom. The minimum atomic E-state index is -0.987. The Morgan fingerprint density at radius 1 is 1.61 bits per heavy atom. The summed E-state index contributed by atoms with van der Waals surface area (Å²) >= 11 is 0. The molecule has 0 spiro atoms. The molecule has 18 heavy (non-hydrogen) atoms. The maximum absolute atomic E-state index is 13.0. The summed E-state index contributed by atoms with van der Waals surface area (Å²) in [7, 11) is 0. The highest BCUT2D eigenvalue weighted by Gasteiger charge is 2.18. The van der Waals surface area contributed by atoms with E-state index in [0.29, 0.717) is 0 Å². The van der Waals surface area contributed by atoms with Crippen LogP contribution >= 0.6 is 0 Å². The Labute approximate surface area is 102 Å². The van der Waals surface area contributed by atoms with Crippen LogP contribution in [-0.2, 0) is 4.79 Å². The Kier molecular flexibility index (Phi) is 4.59. The van der Waals surface area contributed by atoms with Gasteiger partial charge in [0.05, 0.1) is 11.0 Å². The number of rotatable bonds is 6. The number of ether oxygens (including phenoxy) is 1. The lowest BCUT2D eigenvalue weighted by molar-refractivity contribution is -0.386. The summed E-state index contributed by atoms with van der Waals surface area (Å²) in [6, 6.07) is 2.89. The van der Waals surface area contributed by atoms with Gasteiger partial charge in [-0.2, -0.15) is 0 Å². The number of carboxylic acid groups (broad SMARTS) is 1.